The fourth-order valence-electron chi connectivity index (χ4n) is 3.37. The summed E-state index contributed by atoms with van der Waals surface area (Å²) in [5.74, 6) is 0.580. The fourth-order valence-corrected chi connectivity index (χ4v) is 3.37. The first-order valence-electron chi connectivity index (χ1n) is 12.3. The third-order valence-electron chi connectivity index (χ3n) is 5.18. The van der Waals surface area contributed by atoms with Gasteiger partial charge in [-0.05, 0) is 42.1 Å². The number of carbonyl (C=O) groups is 1. The summed E-state index contributed by atoms with van der Waals surface area (Å²) in [5.41, 5.74) is 8.97. The van der Waals surface area contributed by atoms with Gasteiger partial charge in [-0.2, -0.15) is 0 Å². The molecule has 0 bridgehead atoms. The van der Waals surface area contributed by atoms with Gasteiger partial charge in [0.2, 0.25) is 0 Å². The highest BCUT2D eigenvalue weighted by molar-refractivity contribution is 6.10. The number of phenolic OH excluding ortho intramolecular Hbond substituents is 1. The number of ketones is 1. The van der Waals surface area contributed by atoms with Crippen molar-refractivity contribution in [3.8, 4) is 28.7 Å². The van der Waals surface area contributed by atoms with Crippen LogP contribution < -0.4 is 18.9 Å². The zero-order valence-corrected chi connectivity index (χ0v) is 22.5. The van der Waals surface area contributed by atoms with Gasteiger partial charge < -0.3 is 38.3 Å². The number of hydrogen-bond acceptors (Lipinski definition) is 10. The van der Waals surface area contributed by atoms with Crippen molar-refractivity contribution in [2.75, 3.05) is 54.9 Å². The number of ether oxygens (including phenoxy) is 7. The van der Waals surface area contributed by atoms with Crippen molar-refractivity contribution in [1.29, 1.82) is 0 Å². The van der Waals surface area contributed by atoms with Gasteiger partial charge in [0.1, 0.15) is 22.8 Å². The van der Waals surface area contributed by atoms with Crippen LogP contribution in [0.3, 0.4) is 0 Å². The molecule has 1 N–H and O–H groups in total. The number of azide groups is 1. The smallest absolute Gasteiger partial charge is 0.193 e. The Morgan fingerprint density at radius 3 is 2.28 bits per heavy atom. The van der Waals surface area contributed by atoms with Gasteiger partial charge in [0.25, 0.3) is 0 Å². The second-order valence-corrected chi connectivity index (χ2v) is 8.09. The molecule has 0 heterocycles. The van der Waals surface area contributed by atoms with Crippen molar-refractivity contribution in [2.24, 2.45) is 5.11 Å². The monoisotopic (exact) mass is 545 g/mol. The molecule has 0 aliphatic carbocycles. The quantitative estimate of drug-likeness (QED) is 0.0433. The minimum atomic E-state index is -0.486. The molecule has 0 aliphatic rings. The highest BCUT2D eigenvalue weighted by Crippen LogP contribution is 2.35. The number of nitrogens with zero attached hydrogens (tertiary/aromatic N) is 3. The maximum atomic E-state index is 13.0. The Balaban J connectivity index is 2.15. The Labute approximate surface area is 227 Å². The number of carbonyl (C=O) groups excluding carboxylic acids is 1. The predicted molar refractivity (Wildman–Crippen MR) is 143 cm³/mol. The van der Waals surface area contributed by atoms with Crippen LogP contribution in [0.25, 0.3) is 16.5 Å². The van der Waals surface area contributed by atoms with E-state index in [-0.39, 0.29) is 43.2 Å². The lowest BCUT2D eigenvalue weighted by Gasteiger charge is -2.14. The lowest BCUT2D eigenvalue weighted by atomic mass is 10.1. The maximum Gasteiger partial charge on any atom is 0.193 e. The maximum absolute atomic E-state index is 13.0. The molecule has 2 rings (SSSR count). The Morgan fingerprint density at radius 2 is 1.56 bits per heavy atom. The first-order chi connectivity index (χ1) is 19.0. The van der Waals surface area contributed by atoms with Crippen LogP contribution in [-0.4, -0.2) is 65.7 Å². The van der Waals surface area contributed by atoms with Crippen molar-refractivity contribution < 1.29 is 43.1 Å². The standard InChI is InChI=1S/C27H35N3O9/c1-33-17-37-21-15-23(32)27(26(16-21)39-19-35-3)22(31)10-8-20-9-11-24(38-18-34-2)25(14-20)36-13-7-5-4-6-12-29-30-28/h8-11,14-16,32H,4-7,12-13,17-19H2,1-3H3. The molecule has 12 nitrogen and oxygen atoms in total. The first-order valence-corrected chi connectivity index (χ1v) is 12.3. The molecule has 39 heavy (non-hydrogen) atoms. The molecule has 0 aromatic heterocycles. The van der Waals surface area contributed by atoms with Crippen molar-refractivity contribution >= 4 is 11.9 Å². The van der Waals surface area contributed by atoms with E-state index in [1.165, 1.54) is 39.5 Å². The average molecular weight is 546 g/mol. The lowest BCUT2D eigenvalue weighted by Crippen LogP contribution is -2.07. The SMILES string of the molecule is COCOc1cc(O)c(C(=O)C=Cc2ccc(OCOC)c(OCCCCCCN=[N+]=[N-])c2)c(OCOC)c1. The predicted octanol–water partition coefficient (Wildman–Crippen LogP) is 5.49. The van der Waals surface area contributed by atoms with Crippen molar-refractivity contribution in [3.63, 3.8) is 0 Å². The van der Waals surface area contributed by atoms with Crippen LogP contribution in [-0.2, 0) is 14.2 Å². The van der Waals surface area contributed by atoms with Gasteiger partial charge in [-0.1, -0.05) is 30.1 Å². The summed E-state index contributed by atoms with van der Waals surface area (Å²) < 4.78 is 37.2. The van der Waals surface area contributed by atoms with Gasteiger partial charge in [0.05, 0.1) is 6.61 Å². The van der Waals surface area contributed by atoms with Crippen molar-refractivity contribution in [3.05, 3.63) is 58.0 Å². The van der Waals surface area contributed by atoms with E-state index in [1.807, 2.05) is 0 Å². The van der Waals surface area contributed by atoms with E-state index in [1.54, 1.807) is 24.3 Å². The van der Waals surface area contributed by atoms with Crippen LogP contribution in [0.5, 0.6) is 28.7 Å². The molecule has 0 radical (unpaired) electrons. The summed E-state index contributed by atoms with van der Waals surface area (Å²) in [7, 11) is 4.43. The number of hydrogen-bond donors (Lipinski definition) is 1. The highest BCUT2D eigenvalue weighted by atomic mass is 16.7. The molecule has 0 aliphatic heterocycles. The summed E-state index contributed by atoms with van der Waals surface area (Å²) >= 11 is 0. The Kier molecular flexibility index (Phi) is 14.7. The molecule has 0 fully saturated rings. The Hall–Kier alpha value is -3.96. The van der Waals surface area contributed by atoms with Crippen LogP contribution in [0.4, 0.5) is 0 Å². The molecule has 0 atom stereocenters. The van der Waals surface area contributed by atoms with Crippen LogP contribution in [0.2, 0.25) is 0 Å². The third kappa shape index (κ3) is 11.1. The Morgan fingerprint density at radius 1 is 0.872 bits per heavy atom. The number of benzene rings is 2. The van der Waals surface area contributed by atoms with Gasteiger partial charge >= 0.3 is 0 Å². The van der Waals surface area contributed by atoms with E-state index in [0.29, 0.717) is 30.2 Å². The molecule has 0 spiro atoms. The highest BCUT2D eigenvalue weighted by Gasteiger charge is 2.18. The number of allylic oxidation sites excluding steroid dienone is 1. The van der Waals surface area contributed by atoms with Crippen molar-refractivity contribution in [1.82, 2.24) is 0 Å². The average Bonchev–Trinajstić information content (AvgIpc) is 2.94. The van der Waals surface area contributed by atoms with Gasteiger partial charge in [0.15, 0.2) is 37.7 Å². The van der Waals surface area contributed by atoms with Crippen molar-refractivity contribution in [2.45, 2.75) is 25.7 Å². The van der Waals surface area contributed by atoms with E-state index in [4.69, 9.17) is 38.7 Å². The molecule has 212 valence electrons. The number of aromatic hydroxyl groups is 1. The van der Waals surface area contributed by atoms with Gasteiger partial charge in [0, 0.05) is 44.9 Å². The van der Waals surface area contributed by atoms with Gasteiger partial charge in [-0.25, -0.2) is 0 Å². The van der Waals surface area contributed by atoms with Crippen LogP contribution >= 0.6 is 0 Å². The largest absolute Gasteiger partial charge is 0.507 e. The van der Waals surface area contributed by atoms with Crippen LogP contribution in [0.15, 0.2) is 41.5 Å². The van der Waals surface area contributed by atoms with E-state index >= 15 is 0 Å². The zero-order chi connectivity index (χ0) is 28.3. The van der Waals surface area contributed by atoms with E-state index in [9.17, 15) is 9.90 Å². The van der Waals surface area contributed by atoms with Crippen LogP contribution in [0, 0.1) is 0 Å². The zero-order valence-electron chi connectivity index (χ0n) is 22.5. The molecule has 0 amide bonds. The molecular formula is C27H35N3O9. The number of unbranched alkanes of at least 4 members (excludes halogenated alkanes) is 3. The first kappa shape index (κ1) is 31.3. The summed E-state index contributed by atoms with van der Waals surface area (Å²) in [6.07, 6.45) is 6.42. The van der Waals surface area contributed by atoms with E-state index in [2.05, 4.69) is 10.0 Å². The number of phenols is 1. The Bertz CT molecular complexity index is 1120. The molecule has 0 unspecified atom stereocenters. The molecule has 12 heteroatoms. The summed E-state index contributed by atoms with van der Waals surface area (Å²) in [4.78, 5) is 15.8. The number of methoxy groups -OCH3 is 3. The van der Waals surface area contributed by atoms with Gasteiger partial charge in [-0.3, -0.25) is 4.79 Å². The third-order valence-corrected chi connectivity index (χ3v) is 5.18. The molecule has 2 aromatic rings. The minimum absolute atomic E-state index is 0.0370. The van der Waals surface area contributed by atoms with Crippen LogP contribution in [0.1, 0.15) is 41.6 Å². The summed E-state index contributed by atoms with van der Waals surface area (Å²) in [6, 6.07) is 8.03. The summed E-state index contributed by atoms with van der Waals surface area (Å²) in [6.45, 7) is 0.833. The molecule has 0 saturated carbocycles. The topological polar surface area (TPSA) is 151 Å². The number of rotatable bonds is 20. The van der Waals surface area contributed by atoms with Gasteiger partial charge in [-0.15, -0.1) is 0 Å². The van der Waals surface area contributed by atoms with E-state index < -0.39 is 5.78 Å². The minimum Gasteiger partial charge on any atom is -0.507 e. The molecule has 2 aromatic carbocycles. The fraction of sp³-hybridized carbons (Fsp3) is 0.444. The molecule has 0 saturated heterocycles. The normalized spacial score (nSPS) is 10.7. The lowest BCUT2D eigenvalue weighted by molar-refractivity contribution is 0.0453. The second-order valence-electron chi connectivity index (χ2n) is 8.09. The molecular weight excluding hydrogens is 510 g/mol. The van der Waals surface area contributed by atoms with E-state index in [0.717, 1.165) is 25.7 Å². The summed E-state index contributed by atoms with van der Waals surface area (Å²) in [5, 5.41) is 14.1. The second kappa shape index (κ2) is 18.3.